The average Bonchev–Trinajstić information content (AvgIpc) is 3.31. The Morgan fingerprint density at radius 1 is 0.486 bits per heavy atom. The van der Waals surface area contributed by atoms with Crippen LogP contribution in [0.2, 0.25) is 0 Å². The van der Waals surface area contributed by atoms with E-state index < -0.39 is 11.9 Å². The number of phenols is 3. The van der Waals surface area contributed by atoms with Crippen LogP contribution in [0, 0.1) is 0 Å². The number of rotatable bonds is 31. The summed E-state index contributed by atoms with van der Waals surface area (Å²) >= 11 is 0. The van der Waals surface area contributed by atoms with Crippen LogP contribution in [0.4, 0.5) is 0 Å². The zero-order chi connectivity index (χ0) is 51.1. The minimum atomic E-state index is -1.14. The third-order valence-electron chi connectivity index (χ3n) is 11.6. The van der Waals surface area contributed by atoms with Gasteiger partial charge in [-0.1, -0.05) is 155 Å². The van der Waals surface area contributed by atoms with Crippen LogP contribution in [0.25, 0.3) is 0 Å². The van der Waals surface area contributed by atoms with Gasteiger partial charge in [0, 0.05) is 29.1 Å². The second-order valence-electron chi connectivity index (χ2n) is 17.6. The predicted octanol–water partition coefficient (Wildman–Crippen LogP) is 1.48. The van der Waals surface area contributed by atoms with Gasteiger partial charge in [0.1, 0.15) is 17.2 Å². The summed E-state index contributed by atoms with van der Waals surface area (Å²) in [5.41, 5.74) is 8.03. The fourth-order valence-corrected chi connectivity index (χ4v) is 7.89. The number of phenolic OH excluding ortho intramolecular Hbond substituents is 3. The molecular formula is C56H87LiNa2O13. The molecule has 0 aliphatic heterocycles. The molecule has 3 rings (SSSR count). The number of hydrogen-bond acceptors (Lipinski definition) is 12. The van der Waals surface area contributed by atoms with Crippen LogP contribution in [0.15, 0.2) is 36.4 Å². The van der Waals surface area contributed by atoms with Crippen molar-refractivity contribution >= 4 is 24.4 Å². The van der Waals surface area contributed by atoms with E-state index in [4.69, 9.17) is 19.9 Å². The van der Waals surface area contributed by atoms with Crippen molar-refractivity contribution in [3.63, 3.8) is 0 Å². The first-order valence-electron chi connectivity index (χ1n) is 25.4. The van der Waals surface area contributed by atoms with E-state index in [0.29, 0.717) is 16.7 Å². The van der Waals surface area contributed by atoms with E-state index in [-0.39, 0.29) is 132 Å². The van der Waals surface area contributed by atoms with E-state index in [1.807, 2.05) is 24.3 Å². The number of ether oxygens (including phenoxy) is 1. The van der Waals surface area contributed by atoms with Crippen molar-refractivity contribution in [1.82, 2.24) is 0 Å². The van der Waals surface area contributed by atoms with Crippen LogP contribution in [0.5, 0.6) is 17.2 Å². The number of aliphatic carboxylic acids is 2. The molecule has 0 saturated heterocycles. The Hall–Kier alpha value is -2.54. The van der Waals surface area contributed by atoms with Gasteiger partial charge in [-0.2, -0.15) is 0 Å². The minimum Gasteiger partial charge on any atom is -0.870 e. The summed E-state index contributed by atoms with van der Waals surface area (Å²) in [4.78, 5) is 44.6. The number of hydrogen-bond donors (Lipinski definition) is 4. The molecule has 0 aliphatic carbocycles. The number of carbonyl (C=O) groups is 4. The Morgan fingerprint density at radius 3 is 0.972 bits per heavy atom. The van der Waals surface area contributed by atoms with Crippen LogP contribution in [0.1, 0.15) is 207 Å². The molecule has 0 heterocycles. The molecule has 16 heteroatoms. The number of benzene rings is 3. The Morgan fingerprint density at radius 2 is 0.736 bits per heavy atom. The maximum absolute atomic E-state index is 11.5. The number of carboxylic acids is 2. The van der Waals surface area contributed by atoms with Crippen molar-refractivity contribution in [3.8, 4) is 17.2 Å². The quantitative estimate of drug-likeness (QED) is 0.0179. The fraction of sp³-hybridized carbons (Fsp3) is 0.607. The number of carboxylic acid groups (broad SMARTS) is 2. The van der Waals surface area contributed by atoms with E-state index in [0.717, 1.165) is 150 Å². The van der Waals surface area contributed by atoms with Crippen molar-refractivity contribution in [3.05, 3.63) is 86.5 Å². The summed E-state index contributed by atoms with van der Waals surface area (Å²) in [5, 5.41) is 59.2. The predicted molar refractivity (Wildman–Crippen MR) is 269 cm³/mol. The molecule has 0 saturated carbocycles. The second kappa shape index (κ2) is 50.6. The molecule has 0 aromatic heterocycles. The van der Waals surface area contributed by atoms with Crippen molar-refractivity contribution in [2.45, 2.75) is 215 Å². The molecule has 13 nitrogen and oxygen atoms in total. The molecule has 5 N–H and O–H groups in total. The van der Waals surface area contributed by atoms with Crippen LogP contribution in [-0.4, -0.2) is 57.4 Å². The summed E-state index contributed by atoms with van der Waals surface area (Å²) < 4.78 is 4.74. The van der Waals surface area contributed by atoms with Crippen molar-refractivity contribution in [2.24, 2.45) is 0 Å². The zero-order valence-electron chi connectivity index (χ0n) is 46.1. The standard InChI is InChI=1S/C19H30O3.2C18H28O3.CH2O3.Li.2Na.H2O/c1-4-6-8-10-15-12-16(11-9-7-5-2)19(21)17(13-15)14-18(20)22-3;2*1-3-5-7-9-14-11-15(10-8-6-4-2)18(21)16(12-14)13-17(19)20;2-1-4-3;;;;/h12-13,21H,4-11,14H2,1-3H3;2*11-12,21H,3-10,13H2,1-2H3,(H,19,20);1,3H;;;;1H2/q;;;;3*+1;/p-3. The number of carbonyl (C=O) groups excluding carboxylic acids is 3. The Balaban J connectivity index is -0.000000292. The van der Waals surface area contributed by atoms with Crippen LogP contribution in [-0.2, 0) is 86.6 Å². The number of aryl methyl sites for hydroxylation is 6. The summed E-state index contributed by atoms with van der Waals surface area (Å²) in [6, 6.07) is 11.9. The van der Waals surface area contributed by atoms with Gasteiger partial charge in [0.2, 0.25) is 0 Å². The van der Waals surface area contributed by atoms with Gasteiger partial charge in [-0.15, -0.1) is 0 Å². The van der Waals surface area contributed by atoms with Crippen molar-refractivity contribution in [2.75, 3.05) is 7.11 Å². The van der Waals surface area contributed by atoms with Gasteiger partial charge < -0.3 is 50.7 Å². The topological polar surface area (TPSA) is 244 Å². The fourth-order valence-electron chi connectivity index (χ4n) is 7.89. The smallest absolute Gasteiger partial charge is 0.870 e. The van der Waals surface area contributed by atoms with Gasteiger partial charge in [0.15, 0.2) is 0 Å². The average molecular weight is 1020 g/mol. The summed E-state index contributed by atoms with van der Waals surface area (Å²) in [6.07, 6.45) is 25.6. The van der Waals surface area contributed by atoms with Crippen LogP contribution < -0.4 is 88.3 Å². The molecule has 0 fully saturated rings. The van der Waals surface area contributed by atoms with Gasteiger partial charge in [-0.05, 0) is 110 Å². The second-order valence-corrected chi connectivity index (χ2v) is 17.6. The molecule has 3 aromatic rings. The molecule has 0 radical (unpaired) electrons. The van der Waals surface area contributed by atoms with E-state index in [1.54, 1.807) is 0 Å². The monoisotopic (exact) mass is 1020 g/mol. The largest absolute Gasteiger partial charge is 1.00 e. The number of methoxy groups -OCH3 is 1. The molecule has 0 spiro atoms. The maximum Gasteiger partial charge on any atom is 1.00 e. The Labute approximate surface area is 489 Å². The van der Waals surface area contributed by atoms with E-state index in [2.05, 4.69) is 58.6 Å². The number of unbranched alkanes of at least 4 members (excludes halogenated alkanes) is 12. The van der Waals surface area contributed by atoms with Gasteiger partial charge in [-0.3, -0.25) is 14.4 Å². The van der Waals surface area contributed by atoms with Crippen LogP contribution in [0.3, 0.4) is 0 Å². The molecule has 72 heavy (non-hydrogen) atoms. The third-order valence-corrected chi connectivity index (χ3v) is 11.6. The zero-order valence-corrected chi connectivity index (χ0v) is 50.1. The summed E-state index contributed by atoms with van der Waals surface area (Å²) in [6.45, 7) is 12.8. The Bertz CT molecular complexity index is 1790. The normalized spacial score (nSPS) is 9.83. The summed E-state index contributed by atoms with van der Waals surface area (Å²) in [5.74, 6) is -1.73. The molecule has 0 unspecified atom stereocenters. The van der Waals surface area contributed by atoms with Crippen molar-refractivity contribution < 1.29 is 143 Å². The first-order valence-corrected chi connectivity index (χ1v) is 25.4. The molecule has 392 valence electrons. The third kappa shape index (κ3) is 36.4. The molecule has 0 atom stereocenters. The Kier molecular flexibility index (Phi) is 55.1. The van der Waals surface area contributed by atoms with Gasteiger partial charge in [0.25, 0.3) is 6.47 Å². The van der Waals surface area contributed by atoms with Gasteiger partial charge >= 0.3 is 89.9 Å². The maximum atomic E-state index is 11.5. The van der Waals surface area contributed by atoms with Crippen LogP contribution >= 0.6 is 0 Å². The molecule has 3 aromatic carbocycles. The van der Waals surface area contributed by atoms with Gasteiger partial charge in [0.05, 0.1) is 20.0 Å². The first-order chi connectivity index (χ1) is 32.7. The molecule has 0 aliphatic rings. The SMILES string of the molecule is CCCCCc1cc(CCCCC)c(O)c(CC(=O)O)c1.CCCCCc1cc(CCCCC)c(O)c(CC(=O)OC)c1.CCCCCc1cc(CCCCC)c(O)c(CC(=O)[O-])c1.O=CO[O-].[Li+].[Na+].[Na+].[OH-]. The van der Waals surface area contributed by atoms with E-state index in [9.17, 15) is 34.8 Å². The summed E-state index contributed by atoms with van der Waals surface area (Å²) in [7, 11) is 1.38. The van der Waals surface area contributed by atoms with E-state index in [1.165, 1.54) is 44.8 Å². The number of esters is 1. The van der Waals surface area contributed by atoms with Crippen molar-refractivity contribution in [1.29, 1.82) is 0 Å². The number of aromatic hydroxyl groups is 3. The molecular weight excluding hydrogens is 934 g/mol. The molecule has 0 bridgehead atoms. The minimum absolute atomic E-state index is 0. The van der Waals surface area contributed by atoms with E-state index >= 15 is 0 Å². The molecule has 0 amide bonds. The van der Waals surface area contributed by atoms with Gasteiger partial charge in [-0.25, -0.2) is 0 Å². The first kappa shape index (κ1) is 78.3.